The van der Waals surface area contributed by atoms with Crippen molar-refractivity contribution in [1.29, 1.82) is 0 Å². The SMILES string of the molecule is Cc1cc(C)c(C(=O)/C=C/c2c3ccccc3cc3ccccc23)cc1C. The largest absolute Gasteiger partial charge is 0.289 e. The van der Waals surface area contributed by atoms with Gasteiger partial charge in [-0.25, -0.2) is 0 Å². The quantitative estimate of drug-likeness (QED) is 0.225. The molecular weight excluding hydrogens is 328 g/mol. The summed E-state index contributed by atoms with van der Waals surface area (Å²) in [6, 6.07) is 23.0. The molecule has 27 heavy (non-hydrogen) atoms. The first kappa shape index (κ1) is 17.2. The van der Waals surface area contributed by atoms with Gasteiger partial charge in [-0.15, -0.1) is 0 Å². The number of carbonyl (C=O) groups is 1. The predicted octanol–water partition coefficient (Wildman–Crippen LogP) is 6.81. The molecule has 0 aromatic heterocycles. The highest BCUT2D eigenvalue weighted by Crippen LogP contribution is 2.29. The molecule has 0 saturated carbocycles. The average molecular weight is 350 g/mol. The lowest BCUT2D eigenvalue weighted by atomic mass is 9.95. The van der Waals surface area contributed by atoms with Crippen LogP contribution in [-0.4, -0.2) is 5.78 Å². The van der Waals surface area contributed by atoms with Crippen molar-refractivity contribution in [2.24, 2.45) is 0 Å². The number of ketones is 1. The second kappa shape index (κ2) is 6.85. The van der Waals surface area contributed by atoms with Crippen LogP contribution in [0.5, 0.6) is 0 Å². The minimum absolute atomic E-state index is 0.0487. The molecule has 0 spiro atoms. The summed E-state index contributed by atoms with van der Waals surface area (Å²) in [4.78, 5) is 12.9. The van der Waals surface area contributed by atoms with Crippen molar-refractivity contribution in [3.05, 3.63) is 101 Å². The van der Waals surface area contributed by atoms with E-state index in [9.17, 15) is 4.79 Å². The maximum atomic E-state index is 12.9. The van der Waals surface area contributed by atoms with Gasteiger partial charge in [0.05, 0.1) is 0 Å². The Morgan fingerprint density at radius 1 is 0.704 bits per heavy atom. The zero-order chi connectivity index (χ0) is 19.0. The van der Waals surface area contributed by atoms with E-state index in [1.165, 1.54) is 16.3 Å². The fraction of sp³-hybridized carbons (Fsp3) is 0.115. The lowest BCUT2D eigenvalue weighted by Gasteiger charge is -2.09. The van der Waals surface area contributed by atoms with Crippen molar-refractivity contribution < 1.29 is 4.79 Å². The van der Waals surface area contributed by atoms with Gasteiger partial charge in [0.2, 0.25) is 0 Å². The van der Waals surface area contributed by atoms with Gasteiger partial charge in [0.15, 0.2) is 5.78 Å². The molecule has 4 aromatic carbocycles. The third-order valence-electron chi connectivity index (χ3n) is 5.32. The fourth-order valence-corrected chi connectivity index (χ4v) is 3.70. The summed E-state index contributed by atoms with van der Waals surface area (Å²) >= 11 is 0. The van der Waals surface area contributed by atoms with Gasteiger partial charge in [0, 0.05) is 5.56 Å². The lowest BCUT2D eigenvalue weighted by Crippen LogP contribution is -2.00. The van der Waals surface area contributed by atoms with Gasteiger partial charge in [0.1, 0.15) is 0 Å². The van der Waals surface area contributed by atoms with Gasteiger partial charge < -0.3 is 0 Å². The van der Waals surface area contributed by atoms with E-state index >= 15 is 0 Å². The summed E-state index contributed by atoms with van der Waals surface area (Å²) in [5, 5.41) is 4.70. The topological polar surface area (TPSA) is 17.1 Å². The summed E-state index contributed by atoms with van der Waals surface area (Å²) in [6.45, 7) is 6.13. The molecular formula is C26H22O. The number of aryl methyl sites for hydroxylation is 3. The normalized spacial score (nSPS) is 11.5. The first-order chi connectivity index (χ1) is 13.0. The first-order valence-electron chi connectivity index (χ1n) is 9.25. The van der Waals surface area contributed by atoms with Gasteiger partial charge in [-0.05, 0) is 88.9 Å². The third kappa shape index (κ3) is 3.17. The second-order valence-corrected chi connectivity index (χ2v) is 7.18. The van der Waals surface area contributed by atoms with Crippen LogP contribution in [0.4, 0.5) is 0 Å². The van der Waals surface area contributed by atoms with Crippen molar-refractivity contribution in [3.63, 3.8) is 0 Å². The standard InChI is InChI=1S/C26H22O/c1-17-14-19(3)25(15-18(17)2)26(27)13-12-24-22-10-6-4-8-20(22)16-21-9-5-7-11-23(21)24/h4-16H,1-3H3/b13-12+. The molecule has 4 aromatic rings. The van der Waals surface area contributed by atoms with Crippen LogP contribution in [0.25, 0.3) is 27.6 Å². The third-order valence-corrected chi connectivity index (χ3v) is 5.32. The smallest absolute Gasteiger partial charge is 0.186 e. The molecule has 132 valence electrons. The number of carbonyl (C=O) groups excluding carboxylic acids is 1. The van der Waals surface area contributed by atoms with Crippen LogP contribution in [0.1, 0.15) is 32.6 Å². The van der Waals surface area contributed by atoms with E-state index in [2.05, 4.69) is 43.3 Å². The average Bonchev–Trinajstić information content (AvgIpc) is 2.67. The zero-order valence-corrected chi connectivity index (χ0v) is 15.9. The molecule has 0 atom stereocenters. The van der Waals surface area contributed by atoms with Gasteiger partial charge in [0.25, 0.3) is 0 Å². The Balaban J connectivity index is 1.85. The molecule has 0 N–H and O–H groups in total. The molecule has 1 heteroatoms. The summed E-state index contributed by atoms with van der Waals surface area (Å²) in [5.74, 6) is 0.0487. The van der Waals surface area contributed by atoms with Crippen molar-refractivity contribution >= 4 is 33.4 Å². The molecule has 0 unspecified atom stereocenters. The van der Waals surface area contributed by atoms with Crippen LogP contribution in [0, 0.1) is 20.8 Å². The maximum absolute atomic E-state index is 12.9. The molecule has 0 radical (unpaired) electrons. The molecule has 0 aliphatic heterocycles. The number of fused-ring (bicyclic) bond motifs is 2. The molecule has 0 saturated heterocycles. The van der Waals surface area contributed by atoms with Crippen LogP contribution in [0.15, 0.2) is 72.8 Å². The number of hydrogen-bond acceptors (Lipinski definition) is 1. The molecule has 0 aliphatic rings. The van der Waals surface area contributed by atoms with Crippen molar-refractivity contribution in [3.8, 4) is 0 Å². The Hall–Kier alpha value is -3.19. The minimum atomic E-state index is 0.0487. The highest BCUT2D eigenvalue weighted by Gasteiger charge is 2.09. The van der Waals surface area contributed by atoms with E-state index < -0.39 is 0 Å². The van der Waals surface area contributed by atoms with E-state index in [0.717, 1.165) is 33.0 Å². The number of hydrogen-bond donors (Lipinski definition) is 0. The molecule has 4 rings (SSSR count). The van der Waals surface area contributed by atoms with E-state index in [4.69, 9.17) is 0 Å². The number of rotatable bonds is 3. The molecule has 0 amide bonds. The first-order valence-corrected chi connectivity index (χ1v) is 9.25. The van der Waals surface area contributed by atoms with Crippen LogP contribution in [0.3, 0.4) is 0 Å². The summed E-state index contributed by atoms with van der Waals surface area (Å²) in [6.07, 6.45) is 3.69. The summed E-state index contributed by atoms with van der Waals surface area (Å²) < 4.78 is 0. The van der Waals surface area contributed by atoms with E-state index in [0.29, 0.717) is 0 Å². The Labute approximate surface area is 160 Å². The Kier molecular flexibility index (Phi) is 4.37. The monoisotopic (exact) mass is 350 g/mol. The molecule has 0 bridgehead atoms. The van der Waals surface area contributed by atoms with Gasteiger partial charge in [-0.3, -0.25) is 4.79 Å². The van der Waals surface area contributed by atoms with Gasteiger partial charge in [-0.2, -0.15) is 0 Å². The van der Waals surface area contributed by atoms with Crippen molar-refractivity contribution in [2.75, 3.05) is 0 Å². The van der Waals surface area contributed by atoms with Crippen LogP contribution in [0.2, 0.25) is 0 Å². The van der Waals surface area contributed by atoms with E-state index in [1.807, 2.05) is 50.3 Å². The zero-order valence-electron chi connectivity index (χ0n) is 15.9. The molecule has 1 nitrogen and oxygen atoms in total. The van der Waals surface area contributed by atoms with Crippen molar-refractivity contribution in [1.82, 2.24) is 0 Å². The highest BCUT2D eigenvalue weighted by molar-refractivity contribution is 6.12. The summed E-state index contributed by atoms with van der Waals surface area (Å²) in [7, 11) is 0. The van der Waals surface area contributed by atoms with Gasteiger partial charge in [-0.1, -0.05) is 54.6 Å². The molecule has 0 fully saturated rings. The Morgan fingerprint density at radius 3 is 1.89 bits per heavy atom. The second-order valence-electron chi connectivity index (χ2n) is 7.18. The highest BCUT2D eigenvalue weighted by atomic mass is 16.1. The maximum Gasteiger partial charge on any atom is 0.186 e. The minimum Gasteiger partial charge on any atom is -0.289 e. The van der Waals surface area contributed by atoms with Crippen LogP contribution < -0.4 is 0 Å². The van der Waals surface area contributed by atoms with Crippen molar-refractivity contribution in [2.45, 2.75) is 20.8 Å². The predicted molar refractivity (Wildman–Crippen MR) is 115 cm³/mol. The van der Waals surface area contributed by atoms with Crippen LogP contribution in [-0.2, 0) is 0 Å². The Morgan fingerprint density at radius 2 is 1.26 bits per heavy atom. The number of benzene rings is 4. The molecule has 0 aliphatic carbocycles. The lowest BCUT2D eigenvalue weighted by molar-refractivity contribution is 0.104. The summed E-state index contributed by atoms with van der Waals surface area (Å²) in [5.41, 5.74) is 5.26. The van der Waals surface area contributed by atoms with Crippen LogP contribution >= 0.6 is 0 Å². The van der Waals surface area contributed by atoms with E-state index in [-0.39, 0.29) is 5.78 Å². The number of allylic oxidation sites excluding steroid dienone is 1. The molecule has 0 heterocycles. The van der Waals surface area contributed by atoms with Gasteiger partial charge >= 0.3 is 0 Å². The van der Waals surface area contributed by atoms with E-state index in [1.54, 1.807) is 6.08 Å². The fourth-order valence-electron chi connectivity index (χ4n) is 3.70. The Bertz CT molecular complexity index is 1160.